The lowest BCUT2D eigenvalue weighted by atomic mass is 9.92. The van der Waals surface area contributed by atoms with Crippen LogP contribution in [0.2, 0.25) is 0 Å². The number of anilines is 2. The molecule has 0 aromatic heterocycles. The number of rotatable bonds is 4. The molecule has 3 rings (SSSR count). The molecule has 1 N–H and O–H groups in total. The third-order valence-corrected chi connectivity index (χ3v) is 5.34. The van der Waals surface area contributed by atoms with Crippen molar-refractivity contribution in [3.8, 4) is 0 Å². The number of carbonyl (C=O) groups is 2. The van der Waals surface area contributed by atoms with E-state index in [4.69, 9.17) is 0 Å². The highest BCUT2D eigenvalue weighted by Crippen LogP contribution is 2.42. The first-order valence-corrected chi connectivity index (χ1v) is 9.87. The molecular formula is C21H23FN2O2S. The smallest absolute Gasteiger partial charge is 0.238 e. The van der Waals surface area contributed by atoms with Gasteiger partial charge in [0.25, 0.3) is 0 Å². The van der Waals surface area contributed by atoms with Gasteiger partial charge < -0.3 is 5.32 Å². The second-order valence-electron chi connectivity index (χ2n) is 7.81. The minimum atomic E-state index is -0.368. The Hall–Kier alpha value is -2.34. The maximum absolute atomic E-state index is 13.6. The largest absolute Gasteiger partial charge is 0.326 e. The summed E-state index contributed by atoms with van der Waals surface area (Å²) >= 11 is 1.51. The van der Waals surface area contributed by atoms with E-state index in [-0.39, 0.29) is 28.4 Å². The summed E-state index contributed by atoms with van der Waals surface area (Å²) in [6, 6.07) is 13.5. The molecule has 1 saturated heterocycles. The Labute approximate surface area is 163 Å². The van der Waals surface area contributed by atoms with E-state index in [1.165, 1.54) is 23.9 Å². The lowest BCUT2D eigenvalue weighted by Gasteiger charge is -2.24. The van der Waals surface area contributed by atoms with Crippen LogP contribution in [-0.2, 0) is 9.59 Å². The summed E-state index contributed by atoms with van der Waals surface area (Å²) in [7, 11) is 0. The molecule has 27 heavy (non-hydrogen) atoms. The van der Waals surface area contributed by atoms with Crippen molar-refractivity contribution in [3.05, 3.63) is 59.9 Å². The van der Waals surface area contributed by atoms with Crippen molar-refractivity contribution in [2.24, 2.45) is 5.41 Å². The highest BCUT2D eigenvalue weighted by molar-refractivity contribution is 8.00. The summed E-state index contributed by atoms with van der Waals surface area (Å²) in [5.41, 5.74) is 2.14. The van der Waals surface area contributed by atoms with Gasteiger partial charge in [-0.05, 0) is 41.3 Å². The molecule has 1 fully saturated rings. The lowest BCUT2D eigenvalue weighted by Crippen LogP contribution is -2.27. The van der Waals surface area contributed by atoms with Crippen LogP contribution in [0.5, 0.6) is 0 Å². The number of nitrogens with one attached hydrogen (secondary N) is 1. The van der Waals surface area contributed by atoms with Crippen LogP contribution in [0.3, 0.4) is 0 Å². The molecule has 0 unspecified atom stereocenters. The van der Waals surface area contributed by atoms with Crippen LogP contribution in [0.15, 0.2) is 48.5 Å². The second kappa shape index (κ2) is 7.72. The summed E-state index contributed by atoms with van der Waals surface area (Å²) in [5, 5.41) is 2.69. The number of hydrogen-bond donors (Lipinski definition) is 1. The zero-order chi connectivity index (χ0) is 19.6. The summed E-state index contributed by atoms with van der Waals surface area (Å²) in [6.07, 6.45) is 0.440. The van der Waals surface area contributed by atoms with Crippen LogP contribution in [0.25, 0.3) is 0 Å². The molecule has 0 bridgehead atoms. The molecule has 0 saturated carbocycles. The third kappa shape index (κ3) is 4.89. The van der Waals surface area contributed by atoms with Gasteiger partial charge in [-0.25, -0.2) is 4.39 Å². The van der Waals surface area contributed by atoms with Crippen LogP contribution < -0.4 is 10.2 Å². The Morgan fingerprint density at radius 1 is 1.22 bits per heavy atom. The van der Waals surface area contributed by atoms with Gasteiger partial charge >= 0.3 is 0 Å². The van der Waals surface area contributed by atoms with Crippen LogP contribution in [-0.4, -0.2) is 17.6 Å². The first kappa shape index (κ1) is 19.4. The minimum absolute atomic E-state index is 0.0259. The number of nitrogens with zero attached hydrogens (tertiary/aromatic N) is 1. The number of thioether (sulfide) groups is 1. The SMILES string of the molecule is CC(C)(C)CC(=O)Nc1ccc([C@H]2SCC(=O)N2c2cccc(F)c2)cc1. The number of amides is 2. The van der Waals surface area contributed by atoms with Crippen molar-refractivity contribution in [2.75, 3.05) is 16.0 Å². The molecule has 142 valence electrons. The van der Waals surface area contributed by atoms with Crippen LogP contribution in [0.4, 0.5) is 15.8 Å². The number of halogens is 1. The van der Waals surface area contributed by atoms with E-state index in [1.807, 2.05) is 45.0 Å². The fraction of sp³-hybridized carbons (Fsp3) is 0.333. The van der Waals surface area contributed by atoms with Crippen molar-refractivity contribution < 1.29 is 14.0 Å². The Morgan fingerprint density at radius 3 is 2.56 bits per heavy atom. The van der Waals surface area contributed by atoms with E-state index in [9.17, 15) is 14.0 Å². The summed E-state index contributed by atoms with van der Waals surface area (Å²) in [5.74, 6) is -0.0845. The van der Waals surface area contributed by atoms with Crippen LogP contribution in [0, 0.1) is 11.2 Å². The van der Waals surface area contributed by atoms with Crippen molar-refractivity contribution in [1.29, 1.82) is 0 Å². The zero-order valence-corrected chi connectivity index (χ0v) is 16.5. The van der Waals surface area contributed by atoms with Crippen LogP contribution >= 0.6 is 11.8 Å². The van der Waals surface area contributed by atoms with Crippen molar-refractivity contribution in [2.45, 2.75) is 32.6 Å². The fourth-order valence-electron chi connectivity index (χ4n) is 2.99. The minimum Gasteiger partial charge on any atom is -0.326 e. The first-order valence-electron chi connectivity index (χ1n) is 8.82. The molecular weight excluding hydrogens is 363 g/mol. The highest BCUT2D eigenvalue weighted by atomic mass is 32.2. The number of carbonyl (C=O) groups excluding carboxylic acids is 2. The van der Waals surface area contributed by atoms with Gasteiger partial charge in [0.1, 0.15) is 11.2 Å². The average molecular weight is 386 g/mol. The number of hydrogen-bond acceptors (Lipinski definition) is 3. The monoisotopic (exact) mass is 386 g/mol. The first-order chi connectivity index (χ1) is 12.7. The molecule has 1 heterocycles. The van der Waals surface area contributed by atoms with Crippen molar-refractivity contribution in [1.82, 2.24) is 0 Å². The molecule has 2 amide bonds. The molecule has 2 aromatic carbocycles. The van der Waals surface area contributed by atoms with Gasteiger partial charge in [0, 0.05) is 17.8 Å². The predicted molar refractivity (Wildman–Crippen MR) is 108 cm³/mol. The molecule has 6 heteroatoms. The third-order valence-electron chi connectivity index (χ3n) is 4.12. The Balaban J connectivity index is 1.76. The molecule has 0 radical (unpaired) electrons. The second-order valence-corrected chi connectivity index (χ2v) is 8.88. The quantitative estimate of drug-likeness (QED) is 0.806. The molecule has 1 aliphatic rings. The Morgan fingerprint density at radius 2 is 1.93 bits per heavy atom. The molecule has 0 spiro atoms. The molecule has 0 aliphatic carbocycles. The number of benzene rings is 2. The van der Waals surface area contributed by atoms with Gasteiger partial charge in [-0.3, -0.25) is 14.5 Å². The van der Waals surface area contributed by atoms with Crippen LogP contribution in [0.1, 0.15) is 38.1 Å². The normalized spacial score (nSPS) is 17.3. The maximum Gasteiger partial charge on any atom is 0.238 e. The van der Waals surface area contributed by atoms with Gasteiger partial charge in [0.15, 0.2) is 0 Å². The fourth-order valence-corrected chi connectivity index (χ4v) is 4.17. The molecule has 1 atom stereocenters. The van der Waals surface area contributed by atoms with E-state index < -0.39 is 0 Å². The topological polar surface area (TPSA) is 49.4 Å². The summed E-state index contributed by atoms with van der Waals surface area (Å²) < 4.78 is 13.6. The zero-order valence-electron chi connectivity index (χ0n) is 15.7. The Kier molecular flexibility index (Phi) is 5.56. The predicted octanol–water partition coefficient (Wildman–Crippen LogP) is 4.98. The molecule has 2 aromatic rings. The lowest BCUT2D eigenvalue weighted by molar-refractivity contribution is -0.118. The summed E-state index contributed by atoms with van der Waals surface area (Å²) in [4.78, 5) is 26.0. The average Bonchev–Trinajstić information content (AvgIpc) is 2.95. The van der Waals surface area contributed by atoms with E-state index in [1.54, 1.807) is 17.0 Å². The van der Waals surface area contributed by atoms with Gasteiger partial charge in [0.05, 0.1) is 5.75 Å². The van der Waals surface area contributed by atoms with Gasteiger partial charge in [-0.1, -0.05) is 39.0 Å². The maximum atomic E-state index is 13.6. The van der Waals surface area contributed by atoms with Gasteiger partial charge in [-0.2, -0.15) is 0 Å². The van der Waals surface area contributed by atoms with Crippen molar-refractivity contribution >= 4 is 35.0 Å². The van der Waals surface area contributed by atoms with Gasteiger partial charge in [0.2, 0.25) is 11.8 Å². The van der Waals surface area contributed by atoms with Crippen molar-refractivity contribution in [3.63, 3.8) is 0 Å². The molecule has 1 aliphatic heterocycles. The van der Waals surface area contributed by atoms with Gasteiger partial charge in [-0.15, -0.1) is 11.8 Å². The molecule has 4 nitrogen and oxygen atoms in total. The Bertz CT molecular complexity index is 846. The standard InChI is InChI=1S/C21H23FN2O2S/c1-21(2,3)12-18(25)23-16-9-7-14(8-10-16)20-24(19(26)13-27-20)17-6-4-5-15(22)11-17/h4-11,20H,12-13H2,1-3H3,(H,23,25)/t20-/m1/s1. The highest BCUT2D eigenvalue weighted by Gasteiger charge is 2.34. The van der Waals surface area contributed by atoms with E-state index in [2.05, 4.69) is 5.32 Å². The van der Waals surface area contributed by atoms with E-state index >= 15 is 0 Å². The summed E-state index contributed by atoms with van der Waals surface area (Å²) in [6.45, 7) is 6.06. The van der Waals surface area contributed by atoms with E-state index in [0.29, 0.717) is 17.9 Å². The van der Waals surface area contributed by atoms with E-state index in [0.717, 1.165) is 11.3 Å².